The van der Waals surface area contributed by atoms with Gasteiger partial charge in [0.05, 0.1) is 6.61 Å². The van der Waals surface area contributed by atoms with E-state index in [9.17, 15) is 13.6 Å². The van der Waals surface area contributed by atoms with Crippen molar-refractivity contribution in [3.63, 3.8) is 0 Å². The Morgan fingerprint density at radius 3 is 2.50 bits per heavy atom. The topological polar surface area (TPSA) is 26.3 Å². The molecule has 2 nitrogen and oxygen atoms in total. The molecular formula is C12H10F2O2. The Labute approximate surface area is 92.2 Å². The van der Waals surface area contributed by atoms with Crippen molar-refractivity contribution in [2.75, 3.05) is 6.61 Å². The number of rotatable bonds is 5. The van der Waals surface area contributed by atoms with Gasteiger partial charge in [0.1, 0.15) is 6.29 Å². The Morgan fingerprint density at radius 1 is 1.38 bits per heavy atom. The Hall–Kier alpha value is -1.89. The van der Waals surface area contributed by atoms with Crippen molar-refractivity contribution in [2.45, 2.75) is 12.8 Å². The second kappa shape index (κ2) is 5.86. The van der Waals surface area contributed by atoms with Crippen LogP contribution in [0.4, 0.5) is 8.78 Å². The zero-order chi connectivity index (χ0) is 12.0. The van der Waals surface area contributed by atoms with E-state index in [1.54, 1.807) is 0 Å². The van der Waals surface area contributed by atoms with Crippen LogP contribution in [0.15, 0.2) is 12.1 Å². The van der Waals surface area contributed by atoms with Crippen LogP contribution in [-0.4, -0.2) is 12.9 Å². The molecule has 1 rings (SSSR count). The van der Waals surface area contributed by atoms with E-state index in [4.69, 9.17) is 11.2 Å². The number of aldehydes is 1. The zero-order valence-corrected chi connectivity index (χ0v) is 8.50. The first-order valence-corrected chi connectivity index (χ1v) is 4.69. The highest BCUT2D eigenvalue weighted by Crippen LogP contribution is 2.22. The molecule has 0 N–H and O–H groups in total. The Balaban J connectivity index is 2.73. The lowest BCUT2D eigenvalue weighted by atomic mass is 10.2. The van der Waals surface area contributed by atoms with E-state index in [-0.39, 0.29) is 12.2 Å². The molecule has 0 atom stereocenters. The SMILES string of the molecule is C#CCCCOc1c(F)cc(C=O)cc1F. The lowest BCUT2D eigenvalue weighted by Crippen LogP contribution is -2.02. The number of benzene rings is 1. The van der Waals surface area contributed by atoms with Crippen molar-refractivity contribution in [1.82, 2.24) is 0 Å². The molecule has 1 aromatic carbocycles. The summed E-state index contributed by atoms with van der Waals surface area (Å²) in [6.07, 6.45) is 6.38. The van der Waals surface area contributed by atoms with Crippen LogP contribution in [0.2, 0.25) is 0 Å². The summed E-state index contributed by atoms with van der Waals surface area (Å²) in [4.78, 5) is 10.3. The largest absolute Gasteiger partial charge is 0.488 e. The minimum absolute atomic E-state index is 0.0639. The van der Waals surface area contributed by atoms with Crippen molar-refractivity contribution in [3.05, 3.63) is 29.3 Å². The number of terminal acetylenes is 1. The number of halogens is 2. The van der Waals surface area contributed by atoms with Crippen LogP contribution in [0.25, 0.3) is 0 Å². The van der Waals surface area contributed by atoms with Crippen molar-refractivity contribution >= 4 is 6.29 Å². The molecule has 0 bridgehead atoms. The number of unbranched alkanes of at least 4 members (excludes halogenated alkanes) is 1. The Morgan fingerprint density at radius 2 is 2.00 bits per heavy atom. The molecule has 0 aliphatic rings. The third-order valence-electron chi connectivity index (χ3n) is 1.87. The Bertz CT molecular complexity index is 399. The first kappa shape index (κ1) is 12.2. The van der Waals surface area contributed by atoms with Crippen LogP contribution in [0.3, 0.4) is 0 Å². The van der Waals surface area contributed by atoms with Gasteiger partial charge in [0.2, 0.25) is 0 Å². The summed E-state index contributed by atoms with van der Waals surface area (Å²) in [5.41, 5.74) is -0.0639. The summed E-state index contributed by atoms with van der Waals surface area (Å²) in [7, 11) is 0. The van der Waals surface area contributed by atoms with Gasteiger partial charge in [-0.05, 0) is 18.6 Å². The molecular weight excluding hydrogens is 214 g/mol. The predicted molar refractivity (Wildman–Crippen MR) is 55.3 cm³/mol. The maximum absolute atomic E-state index is 13.2. The van der Waals surface area contributed by atoms with Crippen molar-refractivity contribution in [1.29, 1.82) is 0 Å². The number of carbonyl (C=O) groups excluding carboxylic acids is 1. The number of hydrogen-bond acceptors (Lipinski definition) is 2. The lowest BCUT2D eigenvalue weighted by molar-refractivity contribution is 0.112. The van der Waals surface area contributed by atoms with Crippen LogP contribution < -0.4 is 4.74 Å². The monoisotopic (exact) mass is 224 g/mol. The highest BCUT2D eigenvalue weighted by Gasteiger charge is 2.12. The van der Waals surface area contributed by atoms with Gasteiger partial charge < -0.3 is 4.74 Å². The molecule has 0 saturated heterocycles. The maximum Gasteiger partial charge on any atom is 0.190 e. The molecule has 0 aromatic heterocycles. The number of hydrogen-bond donors (Lipinski definition) is 0. The van der Waals surface area contributed by atoms with E-state index < -0.39 is 17.4 Å². The minimum atomic E-state index is -0.886. The van der Waals surface area contributed by atoms with E-state index in [0.717, 1.165) is 12.1 Å². The zero-order valence-electron chi connectivity index (χ0n) is 8.50. The van der Waals surface area contributed by atoms with Gasteiger partial charge in [0.25, 0.3) is 0 Å². The summed E-state index contributed by atoms with van der Waals surface area (Å²) in [6.45, 7) is 0.137. The van der Waals surface area contributed by atoms with E-state index in [1.165, 1.54) is 0 Å². The second-order valence-corrected chi connectivity index (χ2v) is 3.09. The molecule has 0 aliphatic heterocycles. The molecule has 4 heteroatoms. The maximum atomic E-state index is 13.2. The smallest absolute Gasteiger partial charge is 0.190 e. The van der Waals surface area contributed by atoms with E-state index in [0.29, 0.717) is 19.1 Å². The summed E-state index contributed by atoms with van der Waals surface area (Å²) in [6, 6.07) is 1.85. The lowest BCUT2D eigenvalue weighted by Gasteiger charge is -2.07. The molecule has 0 radical (unpaired) electrons. The molecule has 0 spiro atoms. The molecule has 84 valence electrons. The molecule has 0 unspecified atom stereocenters. The third-order valence-corrected chi connectivity index (χ3v) is 1.87. The van der Waals surface area contributed by atoms with Gasteiger partial charge in [-0.2, -0.15) is 0 Å². The van der Waals surface area contributed by atoms with Gasteiger partial charge in [0, 0.05) is 12.0 Å². The fourth-order valence-corrected chi connectivity index (χ4v) is 1.13. The fourth-order valence-electron chi connectivity index (χ4n) is 1.13. The predicted octanol–water partition coefficient (Wildman–Crippen LogP) is 2.57. The third kappa shape index (κ3) is 3.06. The van der Waals surface area contributed by atoms with E-state index in [1.807, 2.05) is 0 Å². The van der Waals surface area contributed by atoms with Crippen LogP contribution in [-0.2, 0) is 0 Å². The van der Waals surface area contributed by atoms with Gasteiger partial charge >= 0.3 is 0 Å². The summed E-state index contributed by atoms with van der Waals surface area (Å²) in [5, 5.41) is 0. The number of carbonyl (C=O) groups is 1. The summed E-state index contributed by atoms with van der Waals surface area (Å²) < 4.78 is 31.4. The molecule has 0 amide bonds. The second-order valence-electron chi connectivity index (χ2n) is 3.09. The average Bonchev–Trinajstić information content (AvgIpc) is 2.26. The standard InChI is InChI=1S/C12H10F2O2/c1-2-3-4-5-16-12-10(13)6-9(8-15)7-11(12)14/h1,6-8H,3-5H2. The van der Waals surface area contributed by atoms with Crippen LogP contribution in [0.5, 0.6) is 5.75 Å². The van der Waals surface area contributed by atoms with Crippen molar-refractivity contribution in [2.24, 2.45) is 0 Å². The molecule has 16 heavy (non-hydrogen) atoms. The van der Waals surface area contributed by atoms with Crippen LogP contribution >= 0.6 is 0 Å². The molecule has 0 saturated carbocycles. The van der Waals surface area contributed by atoms with Crippen LogP contribution in [0, 0.1) is 24.0 Å². The molecule has 1 aromatic rings. The van der Waals surface area contributed by atoms with E-state index in [2.05, 4.69) is 5.92 Å². The summed E-state index contributed by atoms with van der Waals surface area (Å²) in [5.74, 6) is 0.145. The van der Waals surface area contributed by atoms with Gasteiger partial charge in [-0.25, -0.2) is 8.78 Å². The first-order valence-electron chi connectivity index (χ1n) is 4.69. The van der Waals surface area contributed by atoms with E-state index >= 15 is 0 Å². The molecule has 0 heterocycles. The van der Waals surface area contributed by atoms with Crippen molar-refractivity contribution in [3.8, 4) is 18.1 Å². The quantitative estimate of drug-likeness (QED) is 0.436. The molecule has 0 fully saturated rings. The van der Waals surface area contributed by atoms with Gasteiger partial charge in [-0.1, -0.05) is 0 Å². The fraction of sp³-hybridized carbons (Fsp3) is 0.250. The van der Waals surface area contributed by atoms with Crippen LogP contribution in [0.1, 0.15) is 23.2 Å². The Kier molecular flexibility index (Phi) is 4.46. The van der Waals surface area contributed by atoms with Crippen molar-refractivity contribution < 1.29 is 18.3 Å². The summed E-state index contributed by atoms with van der Waals surface area (Å²) >= 11 is 0. The van der Waals surface area contributed by atoms with Gasteiger partial charge in [-0.15, -0.1) is 12.3 Å². The first-order chi connectivity index (χ1) is 7.69. The minimum Gasteiger partial charge on any atom is -0.488 e. The normalized spacial score (nSPS) is 9.56. The highest BCUT2D eigenvalue weighted by molar-refractivity contribution is 5.75. The van der Waals surface area contributed by atoms with Gasteiger partial charge in [-0.3, -0.25) is 4.79 Å². The number of ether oxygens (including phenoxy) is 1. The average molecular weight is 224 g/mol. The highest BCUT2D eigenvalue weighted by atomic mass is 19.1. The van der Waals surface area contributed by atoms with Gasteiger partial charge in [0.15, 0.2) is 17.4 Å². The molecule has 0 aliphatic carbocycles.